The van der Waals surface area contributed by atoms with Gasteiger partial charge in [0.25, 0.3) is 0 Å². The second kappa shape index (κ2) is 8.62. The average Bonchev–Trinajstić information content (AvgIpc) is 3.12. The molecule has 0 radical (unpaired) electrons. The van der Waals surface area contributed by atoms with Crippen LogP contribution in [-0.4, -0.2) is 28.9 Å². The number of allylic oxidation sites excluding steroid dienone is 1. The Kier molecular flexibility index (Phi) is 5.51. The van der Waals surface area contributed by atoms with E-state index in [9.17, 15) is 15.0 Å². The molecule has 8 atom stereocenters. The third kappa shape index (κ3) is 3.58. The highest BCUT2D eigenvalue weighted by Crippen LogP contribution is 2.70. The number of hydrogen-bond donors (Lipinski definition) is 2. The molecule has 5 nitrogen and oxygen atoms in total. The van der Waals surface area contributed by atoms with Gasteiger partial charge in [0.15, 0.2) is 11.6 Å². The van der Waals surface area contributed by atoms with Crippen LogP contribution in [0.4, 0.5) is 8.78 Å². The first-order valence-electron chi connectivity index (χ1n) is 13.7. The molecule has 3 aliphatic carbocycles. The minimum Gasteiger partial charge on any atom is -0.482 e. The lowest BCUT2D eigenvalue weighted by molar-refractivity contribution is -0.141. The number of halogens is 2. The number of carbonyl (C=O) groups excluding carboxylic acids is 1. The van der Waals surface area contributed by atoms with E-state index >= 15 is 8.78 Å². The molecule has 2 heterocycles. The molecule has 0 aromatic heterocycles. The number of cyclic esters (lactones) is 1. The van der Waals surface area contributed by atoms with Crippen LogP contribution in [-0.2, 0) is 22.4 Å². The summed E-state index contributed by atoms with van der Waals surface area (Å²) in [7, 11) is 0. The van der Waals surface area contributed by atoms with Crippen molar-refractivity contribution in [1.82, 2.24) is 0 Å². The van der Waals surface area contributed by atoms with Crippen LogP contribution in [0.3, 0.4) is 0 Å². The lowest BCUT2D eigenvalue weighted by Gasteiger charge is -2.26. The van der Waals surface area contributed by atoms with Crippen molar-refractivity contribution >= 4 is 5.97 Å². The lowest BCUT2D eigenvalue weighted by atomic mass is 9.82. The molecule has 0 amide bonds. The second-order valence-electron chi connectivity index (χ2n) is 12.1. The molecule has 2 aromatic rings. The molecule has 3 unspecified atom stereocenters. The summed E-state index contributed by atoms with van der Waals surface area (Å²) >= 11 is 0. The zero-order valence-electron chi connectivity index (χ0n) is 21.3. The summed E-state index contributed by atoms with van der Waals surface area (Å²) in [5.41, 5.74) is 2.98. The quantitative estimate of drug-likeness (QED) is 0.422. The molecular weight excluding hydrogens is 490 g/mol. The van der Waals surface area contributed by atoms with Crippen molar-refractivity contribution in [2.75, 3.05) is 6.61 Å². The van der Waals surface area contributed by atoms with Crippen molar-refractivity contribution in [1.29, 1.82) is 0 Å². The van der Waals surface area contributed by atoms with E-state index in [1.54, 1.807) is 12.1 Å². The van der Waals surface area contributed by atoms with E-state index in [0.717, 1.165) is 24.0 Å². The topological polar surface area (TPSA) is 76.0 Å². The highest BCUT2D eigenvalue weighted by Gasteiger charge is 2.73. The Labute approximate surface area is 220 Å². The van der Waals surface area contributed by atoms with E-state index in [1.807, 2.05) is 13.0 Å². The Morgan fingerprint density at radius 1 is 1.08 bits per heavy atom. The van der Waals surface area contributed by atoms with Gasteiger partial charge in [-0.15, -0.1) is 0 Å². The van der Waals surface area contributed by atoms with Crippen LogP contribution in [0.2, 0.25) is 0 Å². The first-order valence-corrected chi connectivity index (χ1v) is 13.7. The van der Waals surface area contributed by atoms with E-state index in [0.29, 0.717) is 42.4 Å². The number of fused-ring (bicyclic) bond motifs is 3. The summed E-state index contributed by atoms with van der Waals surface area (Å²) in [4.78, 5) is 12.8. The summed E-state index contributed by atoms with van der Waals surface area (Å²) in [6.07, 6.45) is 3.72. The Bertz CT molecular complexity index is 1350. The van der Waals surface area contributed by atoms with Crippen molar-refractivity contribution < 1.29 is 33.3 Å². The van der Waals surface area contributed by atoms with Gasteiger partial charge in [-0.05, 0) is 91.0 Å². The predicted octanol–water partition coefficient (Wildman–Crippen LogP) is 5.13. The minimum absolute atomic E-state index is 0.0117. The van der Waals surface area contributed by atoms with Crippen LogP contribution in [0, 0.1) is 40.7 Å². The van der Waals surface area contributed by atoms with Gasteiger partial charge >= 0.3 is 5.97 Å². The van der Waals surface area contributed by atoms with E-state index in [4.69, 9.17) is 9.47 Å². The Balaban J connectivity index is 1.34. The Morgan fingerprint density at radius 3 is 2.74 bits per heavy atom. The molecule has 7 heteroatoms. The largest absolute Gasteiger partial charge is 0.482 e. The zero-order valence-corrected chi connectivity index (χ0v) is 21.3. The average molecular weight is 523 g/mol. The fraction of sp³-hybridized carbons (Fsp3) is 0.516. The maximum absolute atomic E-state index is 15.6. The summed E-state index contributed by atoms with van der Waals surface area (Å²) in [6.45, 7) is 2.24. The molecule has 38 heavy (non-hydrogen) atoms. The molecule has 1 saturated carbocycles. The minimum atomic E-state index is -0.960. The fourth-order valence-electron chi connectivity index (χ4n) is 8.03. The first-order chi connectivity index (χ1) is 18.3. The summed E-state index contributed by atoms with van der Waals surface area (Å²) in [5.74, 6) is -1.99. The number of ether oxygens (including phenoxy) is 2. The van der Waals surface area contributed by atoms with Gasteiger partial charge in [0.05, 0.1) is 24.7 Å². The predicted molar refractivity (Wildman–Crippen MR) is 134 cm³/mol. The number of benzene rings is 2. The van der Waals surface area contributed by atoms with Crippen LogP contribution in [0.15, 0.2) is 42.0 Å². The standard InChI is InChI=1S/C31H32F2O5/c1-15-27-28(35)18-11-22-21(25(33)13-18)12-19(7-16-3-2-4-20(34)8-16)29(22)38-26-10-17(5-6-24(26)32)9-23-30(36)37-14-31(15,23)27/h3,5-6,10-11,13,15,19-20,23,27-29,34-35H,2,4,7-9,12,14H2,1H3/t15-,19-,20+,23?,27?,28?,29+,31-/m0/s1. The second-order valence-corrected chi connectivity index (χ2v) is 12.1. The number of rotatable bonds is 2. The number of carbonyl (C=O) groups is 1. The third-order valence-electron chi connectivity index (χ3n) is 10.1. The SMILES string of the molecule is C[C@H]1C2C(O)c3cc(F)c4c(c3)[C@H](Oc3cc(ccc3F)CC3C(=O)OC[C@]321)[C@@H](CC1=CCC[C@@H](O)C1)C4. The molecule has 4 bridgehead atoms. The molecule has 2 fully saturated rings. The highest BCUT2D eigenvalue weighted by atomic mass is 19.1. The molecule has 7 rings (SSSR count). The molecule has 2 aromatic carbocycles. The third-order valence-corrected chi connectivity index (χ3v) is 10.1. The number of hydrogen-bond acceptors (Lipinski definition) is 5. The maximum atomic E-state index is 15.6. The van der Waals surface area contributed by atoms with Crippen LogP contribution in [0.1, 0.15) is 67.1 Å². The Hall–Kier alpha value is -2.77. The van der Waals surface area contributed by atoms with Gasteiger partial charge in [-0.2, -0.15) is 0 Å². The van der Waals surface area contributed by atoms with Crippen LogP contribution in [0.25, 0.3) is 0 Å². The normalized spacial score (nSPS) is 37.0. The molecule has 1 saturated heterocycles. The number of aliphatic hydroxyl groups is 2. The van der Waals surface area contributed by atoms with E-state index in [-0.39, 0.29) is 42.2 Å². The molecule has 5 aliphatic rings. The maximum Gasteiger partial charge on any atom is 0.310 e. The van der Waals surface area contributed by atoms with Gasteiger partial charge < -0.3 is 19.7 Å². The van der Waals surface area contributed by atoms with Crippen molar-refractivity contribution in [2.24, 2.45) is 29.1 Å². The van der Waals surface area contributed by atoms with E-state index in [2.05, 4.69) is 6.08 Å². The van der Waals surface area contributed by atoms with Crippen molar-refractivity contribution in [3.63, 3.8) is 0 Å². The summed E-state index contributed by atoms with van der Waals surface area (Å²) in [5, 5.41) is 21.7. The zero-order chi connectivity index (χ0) is 26.3. The number of aliphatic hydroxyl groups excluding tert-OH is 2. The molecule has 2 N–H and O–H groups in total. The highest BCUT2D eigenvalue weighted by molar-refractivity contribution is 5.77. The molecular formula is C31H32F2O5. The van der Waals surface area contributed by atoms with Crippen molar-refractivity contribution in [2.45, 2.75) is 63.8 Å². The molecule has 2 aliphatic heterocycles. The van der Waals surface area contributed by atoms with Gasteiger partial charge in [0.1, 0.15) is 11.9 Å². The monoisotopic (exact) mass is 522 g/mol. The number of esters is 1. The van der Waals surface area contributed by atoms with E-state index in [1.165, 1.54) is 12.1 Å². The Morgan fingerprint density at radius 2 is 1.92 bits per heavy atom. The first kappa shape index (κ1) is 24.3. The van der Waals surface area contributed by atoms with Gasteiger partial charge in [-0.25, -0.2) is 8.78 Å². The van der Waals surface area contributed by atoms with Gasteiger partial charge in [-0.1, -0.05) is 24.6 Å². The fourth-order valence-corrected chi connectivity index (χ4v) is 8.03. The van der Waals surface area contributed by atoms with Crippen LogP contribution in [0.5, 0.6) is 5.75 Å². The smallest absolute Gasteiger partial charge is 0.310 e. The van der Waals surface area contributed by atoms with E-state index < -0.39 is 35.2 Å². The van der Waals surface area contributed by atoms with Gasteiger partial charge in [0.2, 0.25) is 0 Å². The van der Waals surface area contributed by atoms with Gasteiger partial charge in [-0.3, -0.25) is 4.79 Å². The van der Waals surface area contributed by atoms with Crippen molar-refractivity contribution in [3.05, 3.63) is 75.9 Å². The summed E-state index contributed by atoms with van der Waals surface area (Å²) in [6, 6.07) is 7.93. The van der Waals surface area contributed by atoms with Crippen LogP contribution < -0.4 is 4.74 Å². The van der Waals surface area contributed by atoms with Crippen molar-refractivity contribution in [3.8, 4) is 5.75 Å². The summed E-state index contributed by atoms with van der Waals surface area (Å²) < 4.78 is 42.6. The molecule has 200 valence electrons. The lowest BCUT2D eigenvalue weighted by Crippen LogP contribution is -2.24. The molecule has 1 spiro atoms. The van der Waals surface area contributed by atoms with Crippen LogP contribution >= 0.6 is 0 Å². The van der Waals surface area contributed by atoms with Gasteiger partial charge in [0, 0.05) is 17.3 Å².